The van der Waals surface area contributed by atoms with Gasteiger partial charge in [0.2, 0.25) is 0 Å². The van der Waals surface area contributed by atoms with Crippen molar-refractivity contribution < 1.29 is 8.78 Å². The van der Waals surface area contributed by atoms with Crippen molar-refractivity contribution in [3.05, 3.63) is 35.7 Å². The van der Waals surface area contributed by atoms with Gasteiger partial charge in [-0.15, -0.1) is 5.10 Å². The molecule has 0 aliphatic heterocycles. The normalized spacial score (nSPS) is 11.2. The second-order valence-corrected chi connectivity index (χ2v) is 4.14. The number of rotatable bonds is 4. The van der Waals surface area contributed by atoms with E-state index in [2.05, 4.69) is 20.8 Å². The van der Waals surface area contributed by atoms with Crippen LogP contribution < -0.4 is 5.32 Å². The third-order valence-corrected chi connectivity index (χ3v) is 2.34. The smallest absolute Gasteiger partial charge is 0.170 e. The second-order valence-electron chi connectivity index (χ2n) is 4.14. The van der Waals surface area contributed by atoms with Crippen molar-refractivity contribution in [3.8, 4) is 5.69 Å². The van der Waals surface area contributed by atoms with E-state index in [4.69, 9.17) is 0 Å². The third-order valence-electron chi connectivity index (χ3n) is 2.34. The van der Waals surface area contributed by atoms with Gasteiger partial charge in [0, 0.05) is 12.1 Å². The van der Waals surface area contributed by atoms with Gasteiger partial charge in [0.25, 0.3) is 0 Å². The fourth-order valence-electron chi connectivity index (χ4n) is 1.45. The summed E-state index contributed by atoms with van der Waals surface area (Å²) in [6.45, 7) is 4.31. The molecule has 0 saturated heterocycles. The van der Waals surface area contributed by atoms with Crippen LogP contribution in [0.3, 0.4) is 0 Å². The monoisotopic (exact) mass is 253 g/mol. The van der Waals surface area contributed by atoms with E-state index in [1.807, 2.05) is 13.8 Å². The molecule has 0 saturated carbocycles. The second kappa shape index (κ2) is 5.18. The highest BCUT2D eigenvalue weighted by Crippen LogP contribution is 2.14. The zero-order valence-electron chi connectivity index (χ0n) is 10.1. The van der Waals surface area contributed by atoms with Gasteiger partial charge in [0.15, 0.2) is 5.82 Å². The Hall–Kier alpha value is -1.89. The molecule has 7 heteroatoms. The van der Waals surface area contributed by atoms with E-state index in [0.29, 0.717) is 12.4 Å². The predicted octanol–water partition coefficient (Wildman–Crippen LogP) is 1.44. The topological polar surface area (TPSA) is 55.6 Å². The number of halogens is 2. The van der Waals surface area contributed by atoms with E-state index in [0.717, 1.165) is 18.2 Å². The minimum atomic E-state index is -0.575. The maximum Gasteiger partial charge on any atom is 0.170 e. The first-order valence-corrected chi connectivity index (χ1v) is 5.54. The molecule has 0 atom stereocenters. The summed E-state index contributed by atoms with van der Waals surface area (Å²) < 4.78 is 27.9. The van der Waals surface area contributed by atoms with Gasteiger partial charge in [-0.25, -0.2) is 8.78 Å². The number of benzene rings is 1. The van der Waals surface area contributed by atoms with Crippen LogP contribution in [0.25, 0.3) is 5.69 Å². The number of nitrogens with one attached hydrogen (secondary N) is 1. The van der Waals surface area contributed by atoms with Gasteiger partial charge in [0.05, 0.1) is 6.54 Å². The molecule has 0 unspecified atom stereocenters. The summed E-state index contributed by atoms with van der Waals surface area (Å²) in [6, 6.07) is 3.40. The number of hydrogen-bond donors (Lipinski definition) is 1. The molecule has 2 rings (SSSR count). The fourth-order valence-corrected chi connectivity index (χ4v) is 1.45. The van der Waals surface area contributed by atoms with Crippen molar-refractivity contribution in [3.63, 3.8) is 0 Å². The van der Waals surface area contributed by atoms with Gasteiger partial charge in [-0.1, -0.05) is 13.8 Å². The summed E-state index contributed by atoms with van der Waals surface area (Å²) in [5, 5.41) is 14.1. The van der Waals surface area contributed by atoms with Crippen LogP contribution in [0.4, 0.5) is 8.78 Å². The maximum atomic E-state index is 13.6. The Morgan fingerprint density at radius 3 is 2.83 bits per heavy atom. The molecule has 0 radical (unpaired) electrons. The molecular weight excluding hydrogens is 240 g/mol. The van der Waals surface area contributed by atoms with E-state index in [-0.39, 0.29) is 11.7 Å². The number of hydrogen-bond acceptors (Lipinski definition) is 4. The Labute approximate surface area is 103 Å². The van der Waals surface area contributed by atoms with Gasteiger partial charge in [-0.2, -0.15) is 4.68 Å². The van der Waals surface area contributed by atoms with Crippen LogP contribution in [-0.2, 0) is 6.54 Å². The molecule has 1 heterocycles. The summed E-state index contributed by atoms with van der Waals surface area (Å²) in [6.07, 6.45) is 0. The first-order valence-electron chi connectivity index (χ1n) is 5.54. The highest BCUT2D eigenvalue weighted by atomic mass is 19.1. The van der Waals surface area contributed by atoms with Gasteiger partial charge < -0.3 is 5.32 Å². The lowest BCUT2D eigenvalue weighted by atomic mass is 10.3. The number of tetrazole rings is 1. The minimum absolute atomic E-state index is 0.000515. The molecule has 1 aromatic heterocycles. The Kier molecular flexibility index (Phi) is 3.61. The molecule has 0 aliphatic carbocycles. The zero-order chi connectivity index (χ0) is 13.1. The molecule has 1 aromatic carbocycles. The van der Waals surface area contributed by atoms with Crippen LogP contribution in [0.1, 0.15) is 19.7 Å². The highest BCUT2D eigenvalue weighted by Gasteiger charge is 2.13. The standard InChI is InChI=1S/C11H13F2N5/c1-7(2)14-6-11-15-16-17-18(11)10-5-8(12)3-4-9(10)13/h3-5,7,14H,6H2,1-2H3. The molecule has 0 aliphatic rings. The molecule has 96 valence electrons. The van der Waals surface area contributed by atoms with Crippen molar-refractivity contribution in [1.29, 1.82) is 0 Å². The lowest BCUT2D eigenvalue weighted by molar-refractivity contribution is 0.550. The van der Waals surface area contributed by atoms with Gasteiger partial charge in [-0.3, -0.25) is 0 Å². The summed E-state index contributed by atoms with van der Waals surface area (Å²) in [5.41, 5.74) is 0.000515. The van der Waals surface area contributed by atoms with Crippen molar-refractivity contribution in [2.75, 3.05) is 0 Å². The van der Waals surface area contributed by atoms with E-state index in [1.54, 1.807) is 0 Å². The van der Waals surface area contributed by atoms with Crippen LogP contribution in [0.15, 0.2) is 18.2 Å². The Balaban J connectivity index is 2.33. The largest absolute Gasteiger partial charge is 0.308 e. The van der Waals surface area contributed by atoms with E-state index < -0.39 is 11.6 Å². The Morgan fingerprint density at radius 1 is 1.33 bits per heavy atom. The molecular formula is C11H13F2N5. The Morgan fingerprint density at radius 2 is 2.11 bits per heavy atom. The SMILES string of the molecule is CC(C)NCc1nnnn1-c1cc(F)ccc1F. The van der Waals surface area contributed by atoms with E-state index >= 15 is 0 Å². The van der Waals surface area contributed by atoms with Crippen LogP contribution in [0.5, 0.6) is 0 Å². The third kappa shape index (κ3) is 2.67. The summed E-state index contributed by atoms with van der Waals surface area (Å²) in [5.74, 6) is -0.688. The summed E-state index contributed by atoms with van der Waals surface area (Å²) in [7, 11) is 0. The lowest BCUT2D eigenvalue weighted by Gasteiger charge is -2.08. The highest BCUT2D eigenvalue weighted by molar-refractivity contribution is 5.33. The summed E-state index contributed by atoms with van der Waals surface area (Å²) >= 11 is 0. The van der Waals surface area contributed by atoms with Crippen LogP contribution in [0, 0.1) is 11.6 Å². The van der Waals surface area contributed by atoms with E-state index in [9.17, 15) is 8.78 Å². The lowest BCUT2D eigenvalue weighted by Crippen LogP contribution is -2.24. The van der Waals surface area contributed by atoms with Crippen molar-refractivity contribution in [2.45, 2.75) is 26.4 Å². The molecule has 0 bridgehead atoms. The van der Waals surface area contributed by atoms with Crippen molar-refractivity contribution in [2.24, 2.45) is 0 Å². The molecule has 5 nitrogen and oxygen atoms in total. The predicted molar refractivity (Wildman–Crippen MR) is 61.0 cm³/mol. The minimum Gasteiger partial charge on any atom is -0.308 e. The molecule has 1 N–H and O–H groups in total. The molecule has 0 spiro atoms. The number of aromatic nitrogens is 4. The van der Waals surface area contributed by atoms with Gasteiger partial charge >= 0.3 is 0 Å². The van der Waals surface area contributed by atoms with Crippen molar-refractivity contribution in [1.82, 2.24) is 25.5 Å². The molecule has 0 fully saturated rings. The maximum absolute atomic E-state index is 13.6. The Bertz CT molecular complexity index is 538. The van der Waals surface area contributed by atoms with Crippen LogP contribution in [0.2, 0.25) is 0 Å². The summed E-state index contributed by atoms with van der Waals surface area (Å²) in [4.78, 5) is 0. The zero-order valence-corrected chi connectivity index (χ0v) is 10.1. The van der Waals surface area contributed by atoms with Crippen LogP contribution >= 0.6 is 0 Å². The van der Waals surface area contributed by atoms with Gasteiger partial charge in [0.1, 0.15) is 17.3 Å². The van der Waals surface area contributed by atoms with Crippen LogP contribution in [-0.4, -0.2) is 26.2 Å². The quantitative estimate of drug-likeness (QED) is 0.895. The van der Waals surface area contributed by atoms with Crippen molar-refractivity contribution >= 4 is 0 Å². The molecule has 0 amide bonds. The molecule has 18 heavy (non-hydrogen) atoms. The van der Waals surface area contributed by atoms with E-state index in [1.165, 1.54) is 4.68 Å². The first kappa shape index (κ1) is 12.6. The average Bonchev–Trinajstić information content (AvgIpc) is 2.77. The first-order chi connectivity index (χ1) is 8.58. The fraction of sp³-hybridized carbons (Fsp3) is 0.364. The average molecular weight is 253 g/mol. The number of nitrogens with zero attached hydrogens (tertiary/aromatic N) is 4. The molecule has 2 aromatic rings. The van der Waals surface area contributed by atoms with Gasteiger partial charge in [-0.05, 0) is 22.6 Å².